The molecule has 0 aliphatic heterocycles. The van der Waals surface area contributed by atoms with Crippen molar-refractivity contribution in [2.75, 3.05) is 14.2 Å². The van der Waals surface area contributed by atoms with Gasteiger partial charge in [-0.05, 0) is 6.07 Å². The zero-order valence-corrected chi connectivity index (χ0v) is 7.02. The molecule has 0 fully saturated rings. The Bertz CT molecular complexity index is 274. The van der Waals surface area contributed by atoms with Gasteiger partial charge in [0.05, 0.1) is 13.3 Å². The smallest absolute Gasteiger partial charge is 0.213 e. The van der Waals surface area contributed by atoms with E-state index in [1.165, 1.54) is 7.11 Å². The Morgan fingerprint density at radius 3 is 3.00 bits per heavy atom. The third kappa shape index (κ3) is 2.23. The minimum atomic E-state index is 0.565. The lowest BCUT2D eigenvalue weighted by Gasteiger charge is -1.97. The molecule has 4 heteroatoms. The second-order valence-electron chi connectivity index (χ2n) is 2.05. The highest BCUT2D eigenvalue weighted by Gasteiger charge is 1.92. The first-order chi connectivity index (χ1) is 5.86. The molecule has 0 aromatic carbocycles. The first-order valence-electron chi connectivity index (χ1n) is 3.43. The van der Waals surface area contributed by atoms with Gasteiger partial charge in [0, 0.05) is 17.8 Å². The summed E-state index contributed by atoms with van der Waals surface area (Å²) in [4.78, 5) is 8.47. The summed E-state index contributed by atoms with van der Waals surface area (Å²) in [5.41, 5.74) is 0.892. The van der Waals surface area contributed by atoms with Crippen LogP contribution in [0.5, 0.6) is 5.88 Å². The van der Waals surface area contributed by atoms with Gasteiger partial charge in [-0.15, -0.1) is 0 Å². The number of pyridine rings is 1. The topological polar surface area (TPSA) is 43.7 Å². The summed E-state index contributed by atoms with van der Waals surface area (Å²) in [6.45, 7) is 0. The largest absolute Gasteiger partial charge is 0.481 e. The molecule has 4 nitrogen and oxygen atoms in total. The summed E-state index contributed by atoms with van der Waals surface area (Å²) >= 11 is 0. The minimum absolute atomic E-state index is 0.565. The second kappa shape index (κ2) is 4.33. The molecule has 0 aliphatic carbocycles. The van der Waals surface area contributed by atoms with E-state index in [0.29, 0.717) is 5.88 Å². The molecule has 0 aliphatic rings. The van der Waals surface area contributed by atoms with Crippen molar-refractivity contribution in [3.63, 3.8) is 0 Å². The summed E-state index contributed by atoms with van der Waals surface area (Å²) in [7, 11) is 3.06. The number of hydrogen-bond donors (Lipinski definition) is 0. The van der Waals surface area contributed by atoms with Gasteiger partial charge in [-0.1, -0.05) is 5.16 Å². The Morgan fingerprint density at radius 2 is 2.33 bits per heavy atom. The number of ether oxygens (including phenoxy) is 1. The Hall–Kier alpha value is -1.58. The van der Waals surface area contributed by atoms with Crippen LogP contribution in [0.25, 0.3) is 0 Å². The predicted molar refractivity (Wildman–Crippen MR) is 45.4 cm³/mol. The molecule has 0 bridgehead atoms. The second-order valence-corrected chi connectivity index (χ2v) is 2.05. The van der Waals surface area contributed by atoms with Crippen molar-refractivity contribution >= 4 is 6.21 Å². The zero-order valence-electron chi connectivity index (χ0n) is 7.02. The van der Waals surface area contributed by atoms with E-state index in [4.69, 9.17) is 4.74 Å². The van der Waals surface area contributed by atoms with Crippen molar-refractivity contribution in [3.8, 4) is 5.88 Å². The maximum Gasteiger partial charge on any atom is 0.213 e. The van der Waals surface area contributed by atoms with E-state index in [1.807, 2.05) is 6.07 Å². The first kappa shape index (κ1) is 8.52. The summed E-state index contributed by atoms with van der Waals surface area (Å²) in [5, 5.41) is 3.61. The van der Waals surface area contributed by atoms with Crippen molar-refractivity contribution in [1.82, 2.24) is 4.98 Å². The van der Waals surface area contributed by atoms with Crippen LogP contribution >= 0.6 is 0 Å². The highest BCUT2D eigenvalue weighted by atomic mass is 16.6. The highest BCUT2D eigenvalue weighted by Crippen LogP contribution is 2.05. The van der Waals surface area contributed by atoms with Crippen LogP contribution in [-0.4, -0.2) is 25.4 Å². The molecule has 0 spiro atoms. The van der Waals surface area contributed by atoms with Crippen LogP contribution in [-0.2, 0) is 4.84 Å². The van der Waals surface area contributed by atoms with E-state index in [2.05, 4.69) is 15.0 Å². The number of aromatic nitrogens is 1. The van der Waals surface area contributed by atoms with E-state index < -0.39 is 0 Å². The molecule has 1 aromatic rings. The van der Waals surface area contributed by atoms with E-state index in [0.717, 1.165) is 5.56 Å². The number of oxime groups is 1. The van der Waals surface area contributed by atoms with E-state index in [-0.39, 0.29) is 0 Å². The van der Waals surface area contributed by atoms with Gasteiger partial charge in [-0.3, -0.25) is 0 Å². The van der Waals surface area contributed by atoms with Gasteiger partial charge in [-0.2, -0.15) is 0 Å². The van der Waals surface area contributed by atoms with Crippen LogP contribution in [0.3, 0.4) is 0 Å². The minimum Gasteiger partial charge on any atom is -0.481 e. The molecule has 64 valence electrons. The molecular weight excluding hydrogens is 156 g/mol. The summed E-state index contributed by atoms with van der Waals surface area (Å²) in [5.74, 6) is 0.565. The molecule has 0 amide bonds. The Morgan fingerprint density at radius 1 is 1.50 bits per heavy atom. The van der Waals surface area contributed by atoms with E-state index in [1.54, 1.807) is 25.6 Å². The Kier molecular flexibility index (Phi) is 3.07. The van der Waals surface area contributed by atoms with E-state index >= 15 is 0 Å². The van der Waals surface area contributed by atoms with Crippen LogP contribution < -0.4 is 4.74 Å². The van der Waals surface area contributed by atoms with Crippen LogP contribution in [0.1, 0.15) is 5.56 Å². The molecule has 0 saturated heterocycles. The molecule has 1 rings (SSSR count). The molecule has 0 saturated carbocycles. The molecular formula is C8H10N2O2. The zero-order chi connectivity index (χ0) is 8.81. The molecule has 0 N–H and O–H groups in total. The predicted octanol–water partition coefficient (Wildman–Crippen LogP) is 1.07. The Balaban J connectivity index is 2.79. The maximum absolute atomic E-state index is 4.92. The molecule has 0 unspecified atom stereocenters. The first-order valence-corrected chi connectivity index (χ1v) is 3.43. The van der Waals surface area contributed by atoms with Crippen molar-refractivity contribution in [1.29, 1.82) is 0 Å². The van der Waals surface area contributed by atoms with Crippen LogP contribution in [0.4, 0.5) is 0 Å². The fraction of sp³-hybridized carbons (Fsp3) is 0.250. The van der Waals surface area contributed by atoms with Gasteiger partial charge in [0.2, 0.25) is 5.88 Å². The third-order valence-electron chi connectivity index (χ3n) is 1.28. The lowest BCUT2D eigenvalue weighted by atomic mass is 10.3. The molecule has 1 aromatic heterocycles. The van der Waals surface area contributed by atoms with Crippen molar-refractivity contribution in [3.05, 3.63) is 23.9 Å². The molecule has 0 radical (unpaired) electrons. The molecule has 0 atom stereocenters. The molecule has 1 heterocycles. The fourth-order valence-electron chi connectivity index (χ4n) is 0.730. The number of nitrogens with zero attached hydrogens (tertiary/aromatic N) is 2. The van der Waals surface area contributed by atoms with Crippen LogP contribution in [0.2, 0.25) is 0 Å². The monoisotopic (exact) mass is 166 g/mol. The third-order valence-corrected chi connectivity index (χ3v) is 1.28. The molecule has 12 heavy (non-hydrogen) atoms. The lowest BCUT2D eigenvalue weighted by molar-refractivity contribution is 0.215. The summed E-state index contributed by atoms with van der Waals surface area (Å²) < 4.78 is 4.92. The van der Waals surface area contributed by atoms with Gasteiger partial charge in [0.15, 0.2) is 0 Å². The van der Waals surface area contributed by atoms with Gasteiger partial charge in [0.1, 0.15) is 7.11 Å². The normalized spacial score (nSPS) is 10.2. The number of hydrogen-bond acceptors (Lipinski definition) is 4. The highest BCUT2D eigenvalue weighted by molar-refractivity contribution is 5.79. The maximum atomic E-state index is 4.92. The fourth-order valence-corrected chi connectivity index (χ4v) is 0.730. The van der Waals surface area contributed by atoms with Crippen molar-refractivity contribution in [2.45, 2.75) is 0 Å². The van der Waals surface area contributed by atoms with Crippen molar-refractivity contribution in [2.24, 2.45) is 5.16 Å². The summed E-state index contributed by atoms with van der Waals surface area (Å²) in [6, 6.07) is 3.58. The van der Waals surface area contributed by atoms with Gasteiger partial charge in [0.25, 0.3) is 0 Å². The van der Waals surface area contributed by atoms with E-state index in [9.17, 15) is 0 Å². The Labute approximate surface area is 70.8 Å². The van der Waals surface area contributed by atoms with Crippen molar-refractivity contribution < 1.29 is 9.57 Å². The average Bonchev–Trinajstić information content (AvgIpc) is 2.15. The quantitative estimate of drug-likeness (QED) is 0.498. The number of methoxy groups -OCH3 is 1. The van der Waals surface area contributed by atoms with Gasteiger partial charge in [-0.25, -0.2) is 4.98 Å². The average molecular weight is 166 g/mol. The van der Waals surface area contributed by atoms with Gasteiger partial charge >= 0.3 is 0 Å². The van der Waals surface area contributed by atoms with Gasteiger partial charge < -0.3 is 9.57 Å². The number of rotatable bonds is 3. The standard InChI is InChI=1S/C8H10N2O2/c1-11-8-5-7(3-4-9-8)6-10-12-2/h3-6H,1-2H3/b10-6+. The summed E-state index contributed by atoms with van der Waals surface area (Å²) in [6.07, 6.45) is 3.24. The lowest BCUT2D eigenvalue weighted by Crippen LogP contribution is -1.89. The van der Waals surface area contributed by atoms with Crippen LogP contribution in [0.15, 0.2) is 23.5 Å². The SMILES string of the molecule is CO/N=C/c1ccnc(OC)c1. The van der Waals surface area contributed by atoms with Crippen LogP contribution in [0, 0.1) is 0 Å².